The number of carbonyl (C=O) groups is 3. The van der Waals surface area contributed by atoms with Crippen molar-refractivity contribution in [3.63, 3.8) is 0 Å². The highest BCUT2D eigenvalue weighted by molar-refractivity contribution is 5.92. The summed E-state index contributed by atoms with van der Waals surface area (Å²) >= 11 is 0. The summed E-state index contributed by atoms with van der Waals surface area (Å²) in [6, 6.07) is -2.27. The molecule has 1 aromatic carbocycles. The van der Waals surface area contributed by atoms with Crippen LogP contribution in [0.3, 0.4) is 0 Å². The quantitative estimate of drug-likeness (QED) is 0.174. The van der Waals surface area contributed by atoms with E-state index in [-0.39, 0.29) is 23.8 Å². The molecule has 1 aromatic rings. The van der Waals surface area contributed by atoms with Gasteiger partial charge in [0.25, 0.3) is 0 Å². The number of nitrogens with one attached hydrogen (secondary N) is 2. The monoisotopic (exact) mass is 637 g/mol. The van der Waals surface area contributed by atoms with Gasteiger partial charge in [0.2, 0.25) is 11.8 Å². The standard InChI is InChI=1S/C31H45F6N3O4/c1-12-44-27(43)18(4)13-22(17(2)3)40(24(25(41)39-11)28(5,6)7)26(42)23(38-10)29(8,9)19-14-20(30(32,33)34)16-21(15-19)31(35,36)37/h13-17,22-24,38H,12H2,1-11H3,(H,39,41)/b18-13+/t22-,23-,24-/m1/s1. The number of carbonyl (C=O) groups excluding carboxylic acids is 3. The van der Waals surface area contributed by atoms with Gasteiger partial charge < -0.3 is 20.3 Å². The first-order chi connectivity index (χ1) is 19.9. The van der Waals surface area contributed by atoms with Gasteiger partial charge in [0.1, 0.15) is 6.04 Å². The van der Waals surface area contributed by atoms with E-state index < -0.39 is 76.1 Å². The third-order valence-electron chi connectivity index (χ3n) is 7.46. The number of alkyl halides is 6. The molecule has 250 valence electrons. The predicted octanol–water partition coefficient (Wildman–Crippen LogP) is 6.11. The fourth-order valence-corrected chi connectivity index (χ4v) is 5.12. The Bertz CT molecular complexity index is 1180. The number of hydrogen-bond acceptors (Lipinski definition) is 5. The predicted molar refractivity (Wildman–Crippen MR) is 155 cm³/mol. The summed E-state index contributed by atoms with van der Waals surface area (Å²) in [5, 5.41) is 5.35. The Hall–Kier alpha value is -3.09. The molecule has 0 saturated heterocycles. The summed E-state index contributed by atoms with van der Waals surface area (Å²) in [7, 11) is 2.74. The van der Waals surface area contributed by atoms with Crippen LogP contribution in [0.4, 0.5) is 26.3 Å². The lowest BCUT2D eigenvalue weighted by atomic mass is 9.74. The van der Waals surface area contributed by atoms with Crippen molar-refractivity contribution in [2.24, 2.45) is 11.3 Å². The van der Waals surface area contributed by atoms with Gasteiger partial charge >= 0.3 is 18.3 Å². The molecule has 0 saturated carbocycles. The van der Waals surface area contributed by atoms with Crippen molar-refractivity contribution in [1.82, 2.24) is 15.5 Å². The van der Waals surface area contributed by atoms with Crippen molar-refractivity contribution in [2.45, 2.75) is 98.2 Å². The molecule has 13 heteroatoms. The smallest absolute Gasteiger partial charge is 0.416 e. The topological polar surface area (TPSA) is 87.7 Å². The van der Waals surface area contributed by atoms with Crippen molar-refractivity contribution in [3.05, 3.63) is 46.5 Å². The van der Waals surface area contributed by atoms with E-state index in [9.17, 15) is 40.7 Å². The molecule has 0 fully saturated rings. The lowest BCUT2D eigenvalue weighted by molar-refractivity contribution is -0.150. The van der Waals surface area contributed by atoms with Crippen LogP contribution in [0.25, 0.3) is 0 Å². The molecule has 0 unspecified atom stereocenters. The number of nitrogens with zero attached hydrogens (tertiary/aromatic N) is 1. The maximum absolute atomic E-state index is 14.7. The molecule has 2 N–H and O–H groups in total. The Morgan fingerprint density at radius 3 is 1.68 bits per heavy atom. The van der Waals surface area contributed by atoms with Gasteiger partial charge in [-0.1, -0.05) is 54.5 Å². The van der Waals surface area contributed by atoms with Gasteiger partial charge in [0.05, 0.1) is 29.8 Å². The number of likely N-dealkylation sites (N-methyl/N-ethyl adjacent to an activating group) is 2. The Morgan fingerprint density at radius 1 is 0.886 bits per heavy atom. The second-order valence-corrected chi connectivity index (χ2v) is 12.7. The van der Waals surface area contributed by atoms with Crippen LogP contribution in [0, 0.1) is 11.3 Å². The molecule has 44 heavy (non-hydrogen) atoms. The van der Waals surface area contributed by atoms with Crippen molar-refractivity contribution < 1.29 is 45.5 Å². The average molecular weight is 638 g/mol. The summed E-state index contributed by atoms with van der Waals surface area (Å²) in [6.45, 7) is 14.6. The zero-order valence-corrected chi connectivity index (χ0v) is 27.2. The van der Waals surface area contributed by atoms with Crippen LogP contribution < -0.4 is 10.6 Å². The first kappa shape index (κ1) is 38.9. The van der Waals surface area contributed by atoms with E-state index in [1.165, 1.54) is 45.8 Å². The molecule has 1 rings (SSSR count). The van der Waals surface area contributed by atoms with Gasteiger partial charge in [-0.15, -0.1) is 0 Å². The van der Waals surface area contributed by atoms with E-state index in [2.05, 4.69) is 10.6 Å². The number of hydrogen-bond donors (Lipinski definition) is 2. The molecule has 2 amide bonds. The van der Waals surface area contributed by atoms with E-state index in [1.54, 1.807) is 41.5 Å². The molecule has 0 bridgehead atoms. The fraction of sp³-hybridized carbons (Fsp3) is 0.645. The number of esters is 1. The first-order valence-corrected chi connectivity index (χ1v) is 14.2. The highest BCUT2D eigenvalue weighted by atomic mass is 19.4. The summed E-state index contributed by atoms with van der Waals surface area (Å²) in [4.78, 5) is 41.9. The Labute approximate surface area is 255 Å². The first-order valence-electron chi connectivity index (χ1n) is 14.2. The van der Waals surface area contributed by atoms with Crippen LogP contribution in [0.5, 0.6) is 0 Å². The molecular formula is C31H45F6N3O4. The van der Waals surface area contributed by atoms with Gasteiger partial charge in [0, 0.05) is 18.0 Å². The fourth-order valence-electron chi connectivity index (χ4n) is 5.12. The van der Waals surface area contributed by atoms with Gasteiger partial charge in [-0.25, -0.2) is 4.79 Å². The molecule has 0 aliphatic carbocycles. The largest absolute Gasteiger partial charge is 0.463 e. The zero-order chi connectivity index (χ0) is 34.6. The van der Waals surface area contributed by atoms with Gasteiger partial charge in [-0.2, -0.15) is 26.3 Å². The van der Waals surface area contributed by atoms with Gasteiger partial charge in [0.15, 0.2) is 0 Å². The van der Waals surface area contributed by atoms with E-state index in [1.807, 2.05) is 0 Å². The number of benzene rings is 1. The van der Waals surface area contributed by atoms with E-state index >= 15 is 0 Å². The van der Waals surface area contributed by atoms with Crippen molar-refractivity contribution in [1.29, 1.82) is 0 Å². The molecule has 0 heterocycles. The minimum absolute atomic E-state index is 0.0288. The van der Waals surface area contributed by atoms with Crippen LogP contribution in [-0.2, 0) is 36.9 Å². The van der Waals surface area contributed by atoms with E-state index in [4.69, 9.17) is 4.74 Å². The molecule has 0 radical (unpaired) electrons. The second kappa shape index (κ2) is 14.3. The van der Waals surface area contributed by atoms with Gasteiger partial charge in [-0.05, 0) is 56.0 Å². The van der Waals surface area contributed by atoms with E-state index in [0.717, 1.165) is 0 Å². The summed E-state index contributed by atoms with van der Waals surface area (Å²) in [5.41, 5.74) is -5.84. The maximum Gasteiger partial charge on any atom is 0.416 e. The number of ether oxygens (including phenoxy) is 1. The molecule has 3 atom stereocenters. The van der Waals surface area contributed by atoms with Crippen LogP contribution in [-0.4, -0.2) is 61.5 Å². The average Bonchev–Trinajstić information content (AvgIpc) is 2.88. The molecule has 0 spiro atoms. The van der Waals surface area contributed by atoms with Crippen LogP contribution in [0.1, 0.15) is 79.0 Å². The minimum atomic E-state index is -5.09. The van der Waals surface area contributed by atoms with Crippen molar-refractivity contribution >= 4 is 17.8 Å². The minimum Gasteiger partial charge on any atom is -0.463 e. The molecule has 0 aliphatic heterocycles. The highest BCUT2D eigenvalue weighted by Crippen LogP contribution is 2.41. The lowest BCUT2D eigenvalue weighted by Gasteiger charge is -2.47. The van der Waals surface area contributed by atoms with Crippen molar-refractivity contribution in [2.75, 3.05) is 20.7 Å². The zero-order valence-electron chi connectivity index (χ0n) is 27.2. The van der Waals surface area contributed by atoms with Crippen LogP contribution >= 0.6 is 0 Å². The van der Waals surface area contributed by atoms with Crippen LogP contribution in [0.2, 0.25) is 0 Å². The summed E-state index contributed by atoms with van der Waals surface area (Å²) in [5.74, 6) is -2.36. The molecule has 0 aromatic heterocycles. The normalized spacial score (nSPS) is 15.5. The summed E-state index contributed by atoms with van der Waals surface area (Å²) in [6.07, 6.45) is -8.69. The summed E-state index contributed by atoms with van der Waals surface area (Å²) < 4.78 is 87.6. The van der Waals surface area contributed by atoms with E-state index in [0.29, 0.717) is 12.1 Å². The maximum atomic E-state index is 14.7. The third-order valence-corrected chi connectivity index (χ3v) is 7.46. The SMILES string of the molecule is CCOC(=O)/C(C)=C/[C@H](C(C)C)N(C(=O)[C@@H](NC)C(C)(C)c1cc(C(F)(F)F)cc(C(F)(F)F)c1)[C@H](C(=O)NC)C(C)(C)C. The number of amides is 2. The molecule has 7 nitrogen and oxygen atoms in total. The highest BCUT2D eigenvalue weighted by Gasteiger charge is 2.48. The Kier molecular flexibility index (Phi) is 12.7. The Balaban J connectivity index is 4.10. The molecule has 0 aliphatic rings. The Morgan fingerprint density at radius 2 is 1.34 bits per heavy atom. The molecular weight excluding hydrogens is 592 g/mol. The lowest BCUT2D eigenvalue weighted by Crippen LogP contribution is -2.65. The third kappa shape index (κ3) is 9.21. The van der Waals surface area contributed by atoms with Crippen LogP contribution in [0.15, 0.2) is 29.8 Å². The van der Waals surface area contributed by atoms with Crippen molar-refractivity contribution in [3.8, 4) is 0 Å². The second-order valence-electron chi connectivity index (χ2n) is 12.7. The number of rotatable bonds is 11. The van der Waals surface area contributed by atoms with Gasteiger partial charge in [-0.3, -0.25) is 9.59 Å². The number of halogens is 6.